The summed E-state index contributed by atoms with van der Waals surface area (Å²) in [6.07, 6.45) is 0. The van der Waals surface area contributed by atoms with Crippen molar-refractivity contribution < 1.29 is 14.3 Å². The summed E-state index contributed by atoms with van der Waals surface area (Å²) in [5.74, 6) is -0.722. The van der Waals surface area contributed by atoms with Crippen LogP contribution in [0.15, 0.2) is 77.6 Å². The second-order valence-corrected chi connectivity index (χ2v) is 7.86. The summed E-state index contributed by atoms with van der Waals surface area (Å²) in [7, 11) is 1.29. The van der Waals surface area contributed by atoms with Crippen LogP contribution in [0.25, 0.3) is 16.6 Å². The van der Waals surface area contributed by atoms with E-state index in [1.54, 1.807) is 30.3 Å². The molecule has 1 heterocycles. The number of fused-ring (bicyclic) bond motifs is 1. The van der Waals surface area contributed by atoms with E-state index < -0.39 is 5.97 Å². The Kier molecular flexibility index (Phi) is 6.19. The Balaban J connectivity index is 1.62. The largest absolute Gasteiger partial charge is 0.465 e. The molecule has 8 heteroatoms. The van der Waals surface area contributed by atoms with Gasteiger partial charge < -0.3 is 15.0 Å². The van der Waals surface area contributed by atoms with Gasteiger partial charge in [-0.2, -0.15) is 0 Å². The van der Waals surface area contributed by atoms with Crippen LogP contribution in [0.5, 0.6) is 0 Å². The van der Waals surface area contributed by atoms with Gasteiger partial charge in [0, 0.05) is 5.56 Å². The lowest BCUT2D eigenvalue weighted by molar-refractivity contribution is 0.0600. The summed E-state index contributed by atoms with van der Waals surface area (Å²) in [4.78, 5) is 40.5. The molecule has 3 aromatic carbocycles. The molecule has 0 bridgehead atoms. The van der Waals surface area contributed by atoms with Gasteiger partial charge in [-0.1, -0.05) is 30.3 Å². The molecule has 4 rings (SSSR count). The van der Waals surface area contributed by atoms with Crippen molar-refractivity contribution in [2.24, 2.45) is 0 Å². The molecule has 33 heavy (non-hydrogen) atoms. The quantitative estimate of drug-likeness (QED) is 0.342. The predicted octanol–water partition coefficient (Wildman–Crippen LogP) is 4.33. The highest BCUT2D eigenvalue weighted by molar-refractivity contribution is 7.71. The number of carbonyl (C=O) groups excluding carboxylic acids is 2. The Bertz CT molecular complexity index is 1460. The Morgan fingerprint density at radius 1 is 1.00 bits per heavy atom. The molecule has 2 N–H and O–H groups in total. The second-order valence-electron chi connectivity index (χ2n) is 7.48. The fraction of sp³-hybridized carbons (Fsp3) is 0.120. The Morgan fingerprint density at radius 3 is 2.33 bits per heavy atom. The maximum absolute atomic E-state index is 13.1. The van der Waals surface area contributed by atoms with E-state index in [9.17, 15) is 14.4 Å². The summed E-state index contributed by atoms with van der Waals surface area (Å²) >= 11 is 5.39. The van der Waals surface area contributed by atoms with Crippen LogP contribution < -0.4 is 10.9 Å². The smallest absolute Gasteiger partial charge is 0.337 e. The monoisotopic (exact) mass is 459 g/mol. The first kappa shape index (κ1) is 22.2. The lowest BCUT2D eigenvalue weighted by Crippen LogP contribution is -2.26. The third-order valence-electron chi connectivity index (χ3n) is 5.35. The number of methoxy groups -OCH3 is 1. The van der Waals surface area contributed by atoms with Gasteiger partial charge in [0.25, 0.3) is 11.5 Å². The van der Waals surface area contributed by atoms with E-state index >= 15 is 0 Å². The maximum Gasteiger partial charge on any atom is 0.337 e. The van der Waals surface area contributed by atoms with Crippen LogP contribution >= 0.6 is 12.2 Å². The average molecular weight is 460 g/mol. The van der Waals surface area contributed by atoms with E-state index in [1.165, 1.54) is 23.8 Å². The van der Waals surface area contributed by atoms with E-state index in [0.29, 0.717) is 27.7 Å². The Morgan fingerprint density at radius 2 is 1.67 bits per heavy atom. The highest BCUT2D eigenvalue weighted by atomic mass is 32.1. The summed E-state index contributed by atoms with van der Waals surface area (Å²) in [5, 5.41) is 3.34. The first-order valence-corrected chi connectivity index (χ1v) is 10.6. The van der Waals surface area contributed by atoms with Gasteiger partial charge in [0.1, 0.15) is 0 Å². The number of hydrogen-bond donors (Lipinski definition) is 2. The van der Waals surface area contributed by atoms with Gasteiger partial charge in [-0.25, -0.2) is 4.79 Å². The number of amides is 1. The maximum atomic E-state index is 13.1. The summed E-state index contributed by atoms with van der Waals surface area (Å²) < 4.78 is 6.25. The molecule has 166 valence electrons. The van der Waals surface area contributed by atoms with Crippen molar-refractivity contribution in [2.45, 2.75) is 13.0 Å². The van der Waals surface area contributed by atoms with Gasteiger partial charge in [0.05, 0.1) is 35.3 Å². The number of rotatable bonds is 5. The Labute approximate surface area is 194 Å². The number of benzene rings is 3. The molecule has 0 fully saturated rings. The van der Waals surface area contributed by atoms with Crippen LogP contribution in [-0.2, 0) is 4.74 Å². The topological polar surface area (TPSA) is 93.2 Å². The molecule has 1 unspecified atom stereocenters. The molecule has 1 aromatic heterocycles. The van der Waals surface area contributed by atoms with Crippen LogP contribution in [-0.4, -0.2) is 28.5 Å². The number of nitrogens with one attached hydrogen (secondary N) is 2. The minimum atomic E-state index is -0.504. The fourth-order valence-corrected chi connectivity index (χ4v) is 3.86. The highest BCUT2D eigenvalue weighted by Gasteiger charge is 2.14. The molecule has 4 aromatic rings. The molecule has 0 saturated carbocycles. The van der Waals surface area contributed by atoms with Crippen LogP contribution in [0.4, 0.5) is 0 Å². The van der Waals surface area contributed by atoms with Crippen LogP contribution in [0, 0.1) is 4.77 Å². The number of carbonyl (C=O) groups is 2. The molecule has 1 atom stereocenters. The van der Waals surface area contributed by atoms with Crippen molar-refractivity contribution in [3.8, 4) is 5.69 Å². The van der Waals surface area contributed by atoms with Crippen LogP contribution in [0.2, 0.25) is 0 Å². The van der Waals surface area contributed by atoms with Gasteiger partial charge >= 0.3 is 5.97 Å². The molecule has 0 aliphatic rings. The third kappa shape index (κ3) is 4.47. The van der Waals surface area contributed by atoms with E-state index in [4.69, 9.17) is 17.0 Å². The predicted molar refractivity (Wildman–Crippen MR) is 128 cm³/mol. The zero-order chi connectivity index (χ0) is 23.5. The second kappa shape index (κ2) is 9.22. The average Bonchev–Trinajstić information content (AvgIpc) is 2.84. The van der Waals surface area contributed by atoms with Crippen molar-refractivity contribution in [3.63, 3.8) is 0 Å². The number of ether oxygens (including phenoxy) is 1. The molecular formula is C25H21N3O4S. The van der Waals surface area contributed by atoms with Gasteiger partial charge in [0.15, 0.2) is 4.77 Å². The number of esters is 1. The van der Waals surface area contributed by atoms with Crippen molar-refractivity contribution in [3.05, 3.63) is 105 Å². The molecular weight excluding hydrogens is 438 g/mol. The summed E-state index contributed by atoms with van der Waals surface area (Å²) in [6, 6.07) is 20.8. The normalized spacial score (nSPS) is 11.7. The van der Waals surface area contributed by atoms with Gasteiger partial charge in [-0.15, -0.1) is 0 Å². The zero-order valence-corrected chi connectivity index (χ0v) is 18.8. The number of H-pyrrole nitrogens is 1. The number of nitrogens with zero attached hydrogens (tertiary/aromatic N) is 1. The molecule has 0 aliphatic heterocycles. The van der Waals surface area contributed by atoms with E-state index in [1.807, 2.05) is 37.3 Å². The fourth-order valence-electron chi connectivity index (χ4n) is 3.56. The number of aromatic nitrogens is 2. The van der Waals surface area contributed by atoms with E-state index in [-0.39, 0.29) is 22.3 Å². The van der Waals surface area contributed by atoms with Crippen molar-refractivity contribution in [1.29, 1.82) is 0 Å². The van der Waals surface area contributed by atoms with Gasteiger partial charge in [-0.3, -0.25) is 14.2 Å². The van der Waals surface area contributed by atoms with Crippen molar-refractivity contribution in [2.75, 3.05) is 7.11 Å². The lowest BCUT2D eigenvalue weighted by atomic mass is 10.1. The van der Waals surface area contributed by atoms with E-state index in [2.05, 4.69) is 10.3 Å². The minimum Gasteiger partial charge on any atom is -0.465 e. The van der Waals surface area contributed by atoms with Crippen molar-refractivity contribution in [1.82, 2.24) is 14.9 Å². The third-order valence-corrected chi connectivity index (χ3v) is 5.64. The molecule has 0 spiro atoms. The van der Waals surface area contributed by atoms with Gasteiger partial charge in [0.2, 0.25) is 0 Å². The van der Waals surface area contributed by atoms with Crippen LogP contribution in [0.1, 0.15) is 39.2 Å². The molecule has 0 aliphatic carbocycles. The standard InChI is InChI=1S/C25H21N3O4S/c1-15(16-6-4-3-5-7-16)26-22(29)17-8-11-19(12-9-17)28-23(30)20-13-10-18(24(31)32-2)14-21(20)27-25(28)33/h3-15H,1-2H3,(H,26,29)(H,27,33). The first-order valence-electron chi connectivity index (χ1n) is 10.2. The SMILES string of the molecule is COC(=O)c1ccc2c(=O)n(-c3ccc(C(=O)NC(C)c4ccccc4)cc3)c(=S)[nH]c2c1. The highest BCUT2D eigenvalue weighted by Crippen LogP contribution is 2.16. The molecule has 1 amide bonds. The molecule has 7 nitrogen and oxygen atoms in total. The number of aromatic amines is 1. The zero-order valence-electron chi connectivity index (χ0n) is 18.0. The molecule has 0 radical (unpaired) electrons. The Hall–Kier alpha value is -4.04. The van der Waals surface area contributed by atoms with Crippen molar-refractivity contribution >= 4 is 35.0 Å². The first-order chi connectivity index (χ1) is 15.9. The summed E-state index contributed by atoms with van der Waals surface area (Å²) in [6.45, 7) is 1.92. The van der Waals surface area contributed by atoms with Gasteiger partial charge in [-0.05, 0) is 67.2 Å². The lowest BCUT2D eigenvalue weighted by Gasteiger charge is -2.15. The van der Waals surface area contributed by atoms with Crippen LogP contribution in [0.3, 0.4) is 0 Å². The summed E-state index contributed by atoms with van der Waals surface area (Å²) in [5.41, 5.74) is 2.41. The number of hydrogen-bond acceptors (Lipinski definition) is 5. The van der Waals surface area contributed by atoms with E-state index in [0.717, 1.165) is 5.56 Å². The molecule has 0 saturated heterocycles. The minimum absolute atomic E-state index is 0.148.